The first kappa shape index (κ1) is 6.77. The van der Waals surface area contributed by atoms with Gasteiger partial charge in [-0.15, -0.1) is 10.2 Å². The van der Waals surface area contributed by atoms with Gasteiger partial charge in [0.15, 0.2) is 0 Å². The first-order valence-electron chi connectivity index (χ1n) is 4.28. The quantitative estimate of drug-likeness (QED) is 0.644. The van der Waals surface area contributed by atoms with E-state index in [1.807, 2.05) is 6.07 Å². The Balaban J connectivity index is 2.43. The third-order valence-electron chi connectivity index (χ3n) is 2.35. The highest BCUT2D eigenvalue weighted by molar-refractivity contribution is 5.90. The summed E-state index contributed by atoms with van der Waals surface area (Å²) in [6, 6.07) is 4.10. The van der Waals surface area contributed by atoms with Crippen molar-refractivity contribution in [3.05, 3.63) is 24.0 Å². The van der Waals surface area contributed by atoms with E-state index in [0.717, 1.165) is 29.7 Å². The molecule has 0 bridgehead atoms. The van der Waals surface area contributed by atoms with E-state index in [4.69, 9.17) is 0 Å². The minimum atomic E-state index is 0.887. The fourth-order valence-electron chi connectivity index (χ4n) is 1.73. The average Bonchev–Trinajstić information content (AvgIpc) is 2.65. The Kier molecular flexibility index (Phi) is 1.24. The zero-order chi connectivity index (χ0) is 8.67. The summed E-state index contributed by atoms with van der Waals surface area (Å²) >= 11 is 0. The van der Waals surface area contributed by atoms with E-state index in [9.17, 15) is 0 Å². The van der Waals surface area contributed by atoms with E-state index in [1.165, 1.54) is 11.9 Å². The molecule has 0 saturated heterocycles. The van der Waals surface area contributed by atoms with Gasteiger partial charge in [-0.2, -0.15) is 0 Å². The van der Waals surface area contributed by atoms with Gasteiger partial charge in [-0.25, -0.2) is 4.98 Å². The van der Waals surface area contributed by atoms with Gasteiger partial charge in [-0.3, -0.25) is 0 Å². The van der Waals surface area contributed by atoms with Gasteiger partial charge in [0.2, 0.25) is 0 Å². The minimum absolute atomic E-state index is 0.887. The lowest BCUT2D eigenvalue weighted by atomic mass is 10.1. The molecule has 2 heterocycles. The molecule has 3 rings (SSSR count). The van der Waals surface area contributed by atoms with Crippen LogP contribution in [0.15, 0.2) is 18.5 Å². The largest absolute Gasteiger partial charge is 0.383 e. The maximum Gasteiger partial charge on any atom is 0.138 e. The second kappa shape index (κ2) is 2.39. The average molecular weight is 172 g/mol. The monoisotopic (exact) mass is 172 g/mol. The predicted molar refractivity (Wildman–Crippen MR) is 49.5 cm³/mol. The lowest BCUT2D eigenvalue weighted by Crippen LogP contribution is -1.94. The summed E-state index contributed by atoms with van der Waals surface area (Å²) in [6.07, 6.45) is 2.55. The van der Waals surface area contributed by atoms with E-state index in [-0.39, 0.29) is 0 Å². The van der Waals surface area contributed by atoms with Crippen molar-refractivity contribution in [1.29, 1.82) is 0 Å². The van der Waals surface area contributed by atoms with Crippen molar-refractivity contribution in [2.75, 3.05) is 11.9 Å². The molecule has 13 heavy (non-hydrogen) atoms. The molecular formula is C9H8N4. The summed E-state index contributed by atoms with van der Waals surface area (Å²) in [5.41, 5.74) is 4.22. The second-order valence-corrected chi connectivity index (χ2v) is 3.10. The molecule has 1 aromatic heterocycles. The van der Waals surface area contributed by atoms with Crippen molar-refractivity contribution >= 4 is 16.7 Å². The van der Waals surface area contributed by atoms with Gasteiger partial charge in [-0.1, -0.05) is 6.07 Å². The number of fused-ring (bicyclic) bond motifs is 3. The number of hydrogen-bond acceptors (Lipinski definition) is 4. The maximum atomic E-state index is 4.15. The van der Waals surface area contributed by atoms with Gasteiger partial charge in [0, 0.05) is 6.54 Å². The fraction of sp³-hybridized carbons (Fsp3) is 0.222. The van der Waals surface area contributed by atoms with Crippen LogP contribution >= 0.6 is 0 Å². The molecule has 1 aliphatic heterocycles. The Morgan fingerprint density at radius 3 is 3.31 bits per heavy atom. The summed E-state index contributed by atoms with van der Waals surface area (Å²) in [6.45, 7) is 0.991. The molecule has 0 saturated carbocycles. The third kappa shape index (κ3) is 0.884. The van der Waals surface area contributed by atoms with Gasteiger partial charge < -0.3 is 5.32 Å². The van der Waals surface area contributed by atoms with Crippen LogP contribution in [0.2, 0.25) is 0 Å². The number of nitrogens with one attached hydrogen (secondary N) is 1. The molecule has 1 aliphatic rings. The molecule has 1 aromatic carbocycles. The van der Waals surface area contributed by atoms with Gasteiger partial charge >= 0.3 is 0 Å². The molecule has 0 radical (unpaired) electrons. The van der Waals surface area contributed by atoms with Crippen LogP contribution in [0.5, 0.6) is 0 Å². The first-order valence-corrected chi connectivity index (χ1v) is 4.28. The highest BCUT2D eigenvalue weighted by atomic mass is 15.1. The summed E-state index contributed by atoms with van der Waals surface area (Å²) in [7, 11) is 0. The van der Waals surface area contributed by atoms with Gasteiger partial charge in [0.05, 0.1) is 11.2 Å². The molecule has 0 unspecified atom stereocenters. The topological polar surface area (TPSA) is 50.7 Å². The molecule has 4 heteroatoms. The maximum absolute atomic E-state index is 4.15. The molecule has 0 aliphatic carbocycles. The molecule has 0 amide bonds. The summed E-state index contributed by atoms with van der Waals surface area (Å²) in [4.78, 5) is 4.15. The fourth-order valence-corrected chi connectivity index (χ4v) is 1.73. The molecular weight excluding hydrogens is 164 g/mol. The van der Waals surface area contributed by atoms with Crippen LogP contribution in [0.4, 0.5) is 5.69 Å². The van der Waals surface area contributed by atoms with Crippen molar-refractivity contribution in [3.63, 3.8) is 0 Å². The minimum Gasteiger partial charge on any atom is -0.383 e. The van der Waals surface area contributed by atoms with Gasteiger partial charge in [-0.05, 0) is 18.1 Å². The van der Waals surface area contributed by atoms with Gasteiger partial charge in [0.25, 0.3) is 0 Å². The lowest BCUT2D eigenvalue weighted by Gasteiger charge is -2.01. The first-order chi connectivity index (χ1) is 6.45. The Bertz CT molecular complexity index is 466. The van der Waals surface area contributed by atoms with Crippen LogP contribution in [-0.2, 0) is 6.42 Å². The predicted octanol–water partition coefficient (Wildman–Crippen LogP) is 0.993. The summed E-state index contributed by atoms with van der Waals surface area (Å²) in [5, 5.41) is 11.2. The number of nitrogens with zero attached hydrogens (tertiary/aromatic N) is 3. The zero-order valence-electron chi connectivity index (χ0n) is 6.99. The second-order valence-electron chi connectivity index (χ2n) is 3.10. The summed E-state index contributed by atoms with van der Waals surface area (Å²) in [5.74, 6) is 0. The number of benzene rings is 1. The molecule has 1 N–H and O–H groups in total. The number of hydrogen-bond donors (Lipinski definition) is 1. The van der Waals surface area contributed by atoms with Crippen LogP contribution in [0.1, 0.15) is 5.56 Å². The van der Waals surface area contributed by atoms with Crippen LogP contribution in [0.3, 0.4) is 0 Å². The smallest absolute Gasteiger partial charge is 0.138 e. The standard InChI is InChI=1S/C9H8N4/c1-2-7-9(13-12-5-11-7)8-6(1)3-4-10-8/h1-2,5,10H,3-4H2. The number of anilines is 1. The van der Waals surface area contributed by atoms with Crippen LogP contribution in [0.25, 0.3) is 11.0 Å². The number of aromatic nitrogens is 3. The van der Waals surface area contributed by atoms with Crippen molar-refractivity contribution in [1.82, 2.24) is 15.2 Å². The van der Waals surface area contributed by atoms with Crippen molar-refractivity contribution in [2.24, 2.45) is 0 Å². The molecule has 64 valence electrons. The van der Waals surface area contributed by atoms with Gasteiger partial charge in [0.1, 0.15) is 11.8 Å². The molecule has 4 nitrogen and oxygen atoms in total. The van der Waals surface area contributed by atoms with Crippen molar-refractivity contribution in [3.8, 4) is 0 Å². The van der Waals surface area contributed by atoms with E-state index < -0.39 is 0 Å². The van der Waals surface area contributed by atoms with E-state index in [0.29, 0.717) is 0 Å². The van der Waals surface area contributed by atoms with E-state index in [2.05, 4.69) is 26.6 Å². The third-order valence-corrected chi connectivity index (χ3v) is 2.35. The molecule has 0 fully saturated rings. The normalized spacial score (nSPS) is 14.2. The number of rotatable bonds is 0. The van der Waals surface area contributed by atoms with Crippen molar-refractivity contribution in [2.45, 2.75) is 6.42 Å². The SMILES string of the molecule is c1nnc2c3c(ccc2n1)CCN3. The molecule has 0 atom stereocenters. The highest BCUT2D eigenvalue weighted by Crippen LogP contribution is 2.28. The molecule has 0 spiro atoms. The Morgan fingerprint density at radius 1 is 1.31 bits per heavy atom. The Morgan fingerprint density at radius 2 is 2.31 bits per heavy atom. The zero-order valence-corrected chi connectivity index (χ0v) is 6.99. The van der Waals surface area contributed by atoms with E-state index in [1.54, 1.807) is 0 Å². The highest BCUT2D eigenvalue weighted by Gasteiger charge is 2.14. The Labute approximate surface area is 75.0 Å². The van der Waals surface area contributed by atoms with Crippen molar-refractivity contribution < 1.29 is 0 Å². The van der Waals surface area contributed by atoms with E-state index >= 15 is 0 Å². The van der Waals surface area contributed by atoms with Crippen LogP contribution in [0, 0.1) is 0 Å². The lowest BCUT2D eigenvalue weighted by molar-refractivity contribution is 1.02. The summed E-state index contributed by atoms with van der Waals surface area (Å²) < 4.78 is 0. The van der Waals surface area contributed by atoms with Crippen LogP contribution < -0.4 is 5.32 Å². The molecule has 2 aromatic rings. The Hall–Kier alpha value is -1.71. The van der Waals surface area contributed by atoms with Crippen LogP contribution in [-0.4, -0.2) is 21.7 Å².